The zero-order valence-corrected chi connectivity index (χ0v) is 23.1. The van der Waals surface area contributed by atoms with E-state index >= 15 is 0 Å². The smallest absolute Gasteiger partial charge is 0.412 e. The first-order valence-corrected chi connectivity index (χ1v) is 13.5. The normalized spacial score (nSPS) is 19.3. The van der Waals surface area contributed by atoms with E-state index in [0.29, 0.717) is 6.61 Å². The van der Waals surface area contributed by atoms with Crippen molar-refractivity contribution in [3.63, 3.8) is 0 Å². The monoisotopic (exact) mass is 507 g/mol. The van der Waals surface area contributed by atoms with Crippen molar-refractivity contribution in [1.29, 1.82) is 0 Å². The lowest BCUT2D eigenvalue weighted by molar-refractivity contribution is -0.156. The van der Waals surface area contributed by atoms with Gasteiger partial charge in [0.05, 0.1) is 19.1 Å². The Morgan fingerprint density at radius 1 is 1.05 bits per heavy atom. The molecule has 37 heavy (non-hydrogen) atoms. The van der Waals surface area contributed by atoms with Gasteiger partial charge < -0.3 is 14.2 Å². The van der Waals surface area contributed by atoms with Crippen molar-refractivity contribution >= 4 is 12.1 Å². The molecule has 2 aromatic carbocycles. The maximum Gasteiger partial charge on any atom is 0.412 e. The van der Waals surface area contributed by atoms with Gasteiger partial charge in [0.2, 0.25) is 0 Å². The molecule has 1 amide bonds. The summed E-state index contributed by atoms with van der Waals surface area (Å²) in [5, 5.41) is 0. The van der Waals surface area contributed by atoms with Gasteiger partial charge in [-0.25, -0.2) is 4.79 Å². The molecule has 0 radical (unpaired) electrons. The summed E-state index contributed by atoms with van der Waals surface area (Å²) in [5.41, 5.74) is 3.36. The molecule has 0 aromatic heterocycles. The fraction of sp³-hybridized carbons (Fsp3) is 0.548. The van der Waals surface area contributed by atoms with Crippen molar-refractivity contribution in [2.45, 2.75) is 90.5 Å². The predicted molar refractivity (Wildman–Crippen MR) is 144 cm³/mol. The Hall–Kier alpha value is -2.86. The Morgan fingerprint density at radius 3 is 2.22 bits per heavy atom. The summed E-state index contributed by atoms with van der Waals surface area (Å²) >= 11 is 0. The van der Waals surface area contributed by atoms with Gasteiger partial charge in [-0.3, -0.25) is 9.69 Å². The number of hydrogen-bond acceptors (Lipinski definition) is 5. The fourth-order valence-electron chi connectivity index (χ4n) is 5.69. The molecule has 0 saturated carbocycles. The number of carbonyl (C=O) groups excluding carboxylic acids is 2. The van der Waals surface area contributed by atoms with Crippen LogP contribution in [0.4, 0.5) is 4.79 Å². The van der Waals surface area contributed by atoms with Crippen molar-refractivity contribution in [3.8, 4) is 11.1 Å². The van der Waals surface area contributed by atoms with Crippen molar-refractivity contribution in [2.24, 2.45) is 5.92 Å². The maximum absolute atomic E-state index is 13.7. The van der Waals surface area contributed by atoms with Crippen LogP contribution >= 0.6 is 0 Å². The number of carbonyl (C=O) groups is 2. The van der Waals surface area contributed by atoms with E-state index in [9.17, 15) is 9.59 Å². The molecule has 2 aliphatic rings. The number of nitrogens with zero attached hydrogens (tertiary/aromatic N) is 1. The third-order valence-electron chi connectivity index (χ3n) is 7.37. The quantitative estimate of drug-likeness (QED) is 0.363. The molecule has 0 bridgehead atoms. The zero-order chi connectivity index (χ0) is 26.8. The highest BCUT2D eigenvalue weighted by atomic mass is 16.6. The van der Waals surface area contributed by atoms with Crippen LogP contribution in [0.15, 0.2) is 48.5 Å². The molecule has 1 aliphatic heterocycles. The van der Waals surface area contributed by atoms with Crippen LogP contribution in [0.2, 0.25) is 0 Å². The van der Waals surface area contributed by atoms with Gasteiger partial charge in [0.15, 0.2) is 0 Å². The molecule has 0 unspecified atom stereocenters. The molecular weight excluding hydrogens is 466 g/mol. The summed E-state index contributed by atoms with van der Waals surface area (Å²) in [4.78, 5) is 28.1. The highest BCUT2D eigenvalue weighted by Gasteiger charge is 2.48. The maximum atomic E-state index is 13.7. The first kappa shape index (κ1) is 27.2. The molecule has 0 N–H and O–H groups in total. The zero-order valence-electron chi connectivity index (χ0n) is 23.1. The summed E-state index contributed by atoms with van der Waals surface area (Å²) in [7, 11) is 0. The second kappa shape index (κ2) is 10.9. The van der Waals surface area contributed by atoms with Crippen LogP contribution in [0.25, 0.3) is 11.1 Å². The highest BCUT2D eigenvalue weighted by Crippen LogP contribution is 2.45. The van der Waals surface area contributed by atoms with Crippen LogP contribution in [0.5, 0.6) is 0 Å². The van der Waals surface area contributed by atoms with Gasteiger partial charge in [0.1, 0.15) is 17.9 Å². The Kier molecular flexibility index (Phi) is 7.98. The molecule has 1 fully saturated rings. The minimum Gasteiger partial charge on any atom is -0.460 e. The fourth-order valence-corrected chi connectivity index (χ4v) is 5.69. The lowest BCUT2D eigenvalue weighted by Gasteiger charge is -2.36. The topological polar surface area (TPSA) is 65.1 Å². The van der Waals surface area contributed by atoms with Crippen LogP contribution in [0.1, 0.15) is 84.3 Å². The lowest BCUT2D eigenvalue weighted by Crippen LogP contribution is -2.51. The number of amides is 1. The van der Waals surface area contributed by atoms with E-state index in [1.165, 1.54) is 22.3 Å². The summed E-state index contributed by atoms with van der Waals surface area (Å²) < 4.78 is 17.7. The van der Waals surface area contributed by atoms with Gasteiger partial charge in [0, 0.05) is 5.92 Å². The number of unbranched alkanes of at least 4 members (excludes halogenated alkanes) is 1. The molecule has 2 aromatic rings. The Labute approximate surface area is 221 Å². The van der Waals surface area contributed by atoms with Gasteiger partial charge in [-0.05, 0) is 69.2 Å². The van der Waals surface area contributed by atoms with Crippen LogP contribution < -0.4 is 0 Å². The molecule has 6 nitrogen and oxygen atoms in total. The average Bonchev–Trinajstić information content (AvgIpc) is 3.33. The lowest BCUT2D eigenvalue weighted by atomic mass is 9.90. The molecule has 1 saturated heterocycles. The van der Waals surface area contributed by atoms with Gasteiger partial charge >= 0.3 is 12.1 Å². The summed E-state index contributed by atoms with van der Waals surface area (Å²) in [6, 6.07) is 16.4. The number of ether oxygens (including phenoxy) is 3. The summed E-state index contributed by atoms with van der Waals surface area (Å²) in [5.74, 6) is -0.332. The summed E-state index contributed by atoms with van der Waals surface area (Å²) in [6.07, 6.45) is 2.62. The van der Waals surface area contributed by atoms with Gasteiger partial charge in [-0.1, -0.05) is 68.3 Å². The van der Waals surface area contributed by atoms with Crippen molar-refractivity contribution in [2.75, 3.05) is 13.2 Å². The second-order valence-corrected chi connectivity index (χ2v) is 11.7. The molecule has 1 aliphatic carbocycles. The molecule has 200 valence electrons. The first-order chi connectivity index (χ1) is 17.5. The van der Waals surface area contributed by atoms with Crippen LogP contribution in [0.3, 0.4) is 0 Å². The number of fused-ring (bicyclic) bond motifs is 3. The van der Waals surface area contributed by atoms with Crippen LogP contribution in [-0.2, 0) is 19.0 Å². The largest absolute Gasteiger partial charge is 0.460 e. The van der Waals surface area contributed by atoms with Crippen molar-refractivity contribution < 1.29 is 23.8 Å². The van der Waals surface area contributed by atoms with Gasteiger partial charge in [-0.2, -0.15) is 0 Å². The minimum atomic E-state index is -0.828. The van der Waals surface area contributed by atoms with E-state index < -0.39 is 17.4 Å². The number of rotatable bonds is 8. The SMILES string of the molecule is CCCC[C@H](CC(=O)OC(C)(C)C)[C@H]1COC(C)(C)N1C(=O)OCC1c2ccccc2-c2ccccc21. The highest BCUT2D eigenvalue weighted by molar-refractivity contribution is 5.79. The average molecular weight is 508 g/mol. The molecule has 0 spiro atoms. The Balaban J connectivity index is 1.52. The first-order valence-electron chi connectivity index (χ1n) is 13.5. The van der Waals surface area contributed by atoms with E-state index in [0.717, 1.165) is 19.3 Å². The van der Waals surface area contributed by atoms with Crippen molar-refractivity contribution in [3.05, 3.63) is 59.7 Å². The minimum absolute atomic E-state index is 0.0147. The van der Waals surface area contributed by atoms with E-state index in [1.807, 2.05) is 58.9 Å². The number of hydrogen-bond donors (Lipinski definition) is 0. The standard InChI is InChI=1S/C31H41NO5/c1-7-8-13-21(18-28(33)37-30(2,3)4)27-20-36-31(5,6)32(27)29(34)35-19-26-24-16-11-9-14-22(24)23-15-10-12-17-25(23)26/h9-12,14-17,21,26-27H,7-8,13,18-20H2,1-6H3/t21-,27-/m1/s1. The van der Waals surface area contributed by atoms with E-state index in [1.54, 1.807) is 4.90 Å². The van der Waals surface area contributed by atoms with E-state index in [-0.39, 0.29) is 36.9 Å². The molecule has 6 heteroatoms. The van der Waals surface area contributed by atoms with Crippen molar-refractivity contribution in [1.82, 2.24) is 4.90 Å². The molecule has 1 heterocycles. The number of benzene rings is 2. The van der Waals surface area contributed by atoms with Gasteiger partial charge in [0.25, 0.3) is 0 Å². The third-order valence-corrected chi connectivity index (χ3v) is 7.37. The molecule has 2 atom stereocenters. The third kappa shape index (κ3) is 6.01. The Bertz CT molecular complexity index is 1070. The summed E-state index contributed by atoms with van der Waals surface area (Å²) in [6.45, 7) is 12.1. The number of esters is 1. The molecular formula is C31H41NO5. The second-order valence-electron chi connectivity index (χ2n) is 11.7. The Morgan fingerprint density at radius 2 is 1.65 bits per heavy atom. The van der Waals surface area contributed by atoms with Crippen LogP contribution in [-0.4, -0.2) is 47.5 Å². The van der Waals surface area contributed by atoms with E-state index in [2.05, 4.69) is 31.2 Å². The van der Waals surface area contributed by atoms with E-state index in [4.69, 9.17) is 14.2 Å². The molecule has 4 rings (SSSR count). The van der Waals surface area contributed by atoms with Crippen LogP contribution in [0, 0.1) is 5.92 Å². The van der Waals surface area contributed by atoms with Gasteiger partial charge in [-0.15, -0.1) is 0 Å². The predicted octanol–water partition coefficient (Wildman–Crippen LogP) is 6.91.